The zero-order chi connectivity index (χ0) is 10.5. The van der Waals surface area contributed by atoms with Crippen LogP contribution in [0.3, 0.4) is 0 Å². The minimum Gasteiger partial charge on any atom is -0.377 e. The van der Waals surface area contributed by atoms with Gasteiger partial charge in [-0.3, -0.25) is 0 Å². The third kappa shape index (κ3) is 2.60. The summed E-state index contributed by atoms with van der Waals surface area (Å²) < 4.78 is 20.3. The van der Waals surface area contributed by atoms with E-state index in [0.29, 0.717) is 23.7 Å². The van der Waals surface area contributed by atoms with E-state index in [2.05, 4.69) is 13.1 Å². The summed E-state index contributed by atoms with van der Waals surface area (Å²) >= 11 is 0. The summed E-state index contributed by atoms with van der Waals surface area (Å²) in [7, 11) is -1.08. The van der Waals surface area contributed by atoms with E-state index >= 15 is 0 Å². The fourth-order valence-electron chi connectivity index (χ4n) is 1.70. The first-order chi connectivity index (χ1) is 7.18. The van der Waals surface area contributed by atoms with Crippen LogP contribution < -0.4 is 0 Å². The van der Waals surface area contributed by atoms with Gasteiger partial charge in [0.1, 0.15) is 20.3 Å². The van der Waals surface area contributed by atoms with Gasteiger partial charge in [0.15, 0.2) is 0 Å². The van der Waals surface area contributed by atoms with Gasteiger partial charge in [0, 0.05) is 0 Å². The van der Waals surface area contributed by atoms with Crippen LogP contribution in [-0.4, -0.2) is 58.2 Å². The summed E-state index contributed by atoms with van der Waals surface area (Å²) in [6.45, 7) is 8.57. The molecule has 4 saturated heterocycles. The van der Waals surface area contributed by atoms with Gasteiger partial charge in [-0.2, -0.15) is 0 Å². The predicted octanol–water partition coefficient (Wildman–Crippen LogP) is 0.355. The third-order valence-electron chi connectivity index (χ3n) is 3.46. The summed E-state index contributed by atoms with van der Waals surface area (Å²) in [6.07, 6.45) is 0.981. The molecule has 0 radical (unpaired) electrons. The Balaban J connectivity index is 0.000000104. The van der Waals surface area contributed by atoms with Crippen molar-refractivity contribution in [2.24, 2.45) is 0 Å². The van der Waals surface area contributed by atoms with Gasteiger partial charge < -0.3 is 18.9 Å². The monoisotopic (exact) mass is 230 g/mol. The smallest absolute Gasteiger partial charge is 0.120 e. The van der Waals surface area contributed by atoms with Crippen LogP contribution in [0.5, 0.6) is 0 Å². The lowest BCUT2D eigenvalue weighted by molar-refractivity contribution is 0.325. The molecule has 0 spiro atoms. The fourth-order valence-corrected chi connectivity index (χ4v) is 4.03. The van der Waals surface area contributed by atoms with Crippen LogP contribution in [0.2, 0.25) is 13.1 Å². The average molecular weight is 230 g/mol. The Bertz CT molecular complexity index is 218. The van der Waals surface area contributed by atoms with Crippen molar-refractivity contribution in [1.82, 2.24) is 0 Å². The molecule has 4 nitrogen and oxygen atoms in total. The van der Waals surface area contributed by atoms with Gasteiger partial charge in [-0.15, -0.1) is 0 Å². The highest BCUT2D eigenvalue weighted by Crippen LogP contribution is 2.32. The molecule has 0 aromatic heterocycles. The molecular weight excluding hydrogens is 212 g/mol. The minimum atomic E-state index is -1.08. The van der Waals surface area contributed by atoms with Crippen LogP contribution in [0.15, 0.2) is 0 Å². The second-order valence-electron chi connectivity index (χ2n) is 5.21. The molecule has 0 amide bonds. The maximum atomic E-state index is 5.26. The standard InChI is InChI=1S/C6H12O2Si.C4H6O2/c1-9(2,5-3-7-5)6-4-8-6;1-3(5-1)4-2-6-4/h5-6H,3-4H2,1-2H3;3-4H,1-2H2. The molecule has 0 saturated carbocycles. The van der Waals surface area contributed by atoms with Crippen molar-refractivity contribution in [3.05, 3.63) is 0 Å². The summed E-state index contributed by atoms with van der Waals surface area (Å²) in [4.78, 5) is 0. The van der Waals surface area contributed by atoms with E-state index in [1.165, 1.54) is 0 Å². The molecule has 5 heteroatoms. The Morgan fingerprint density at radius 1 is 0.733 bits per heavy atom. The highest BCUT2D eigenvalue weighted by molar-refractivity contribution is 6.81. The molecule has 0 bridgehead atoms. The topological polar surface area (TPSA) is 50.1 Å². The molecule has 4 atom stereocenters. The zero-order valence-corrected chi connectivity index (χ0v) is 10.3. The lowest BCUT2D eigenvalue weighted by atomic mass is 10.4. The minimum absolute atomic E-state index is 0.491. The van der Waals surface area contributed by atoms with Gasteiger partial charge in [0.2, 0.25) is 0 Å². The maximum absolute atomic E-state index is 5.26. The van der Waals surface area contributed by atoms with Gasteiger partial charge in [-0.25, -0.2) is 0 Å². The summed E-state index contributed by atoms with van der Waals surface area (Å²) in [5, 5.41) is 0. The first-order valence-electron chi connectivity index (χ1n) is 5.64. The molecule has 4 aliphatic rings. The Hall–Kier alpha value is 0.0569. The van der Waals surface area contributed by atoms with E-state index in [9.17, 15) is 0 Å². The molecular formula is C10H18O4Si. The van der Waals surface area contributed by atoms with Crippen molar-refractivity contribution in [3.63, 3.8) is 0 Å². The Kier molecular flexibility index (Phi) is 2.41. The maximum Gasteiger partial charge on any atom is 0.120 e. The molecule has 86 valence electrons. The van der Waals surface area contributed by atoms with Crippen LogP contribution >= 0.6 is 0 Å². The second-order valence-corrected chi connectivity index (χ2v) is 10.1. The molecule has 0 aliphatic carbocycles. The van der Waals surface area contributed by atoms with Crippen LogP contribution in [0.25, 0.3) is 0 Å². The van der Waals surface area contributed by atoms with E-state index in [-0.39, 0.29) is 0 Å². The average Bonchev–Trinajstić information content (AvgIpc) is 3.15. The van der Waals surface area contributed by atoms with E-state index in [1.807, 2.05) is 0 Å². The quantitative estimate of drug-likeness (QED) is 0.519. The molecule has 0 aromatic rings. The molecule has 4 rings (SSSR count). The van der Waals surface area contributed by atoms with Crippen molar-refractivity contribution in [2.75, 3.05) is 26.4 Å². The molecule has 0 N–H and O–H groups in total. The van der Waals surface area contributed by atoms with Crippen molar-refractivity contribution in [2.45, 2.75) is 36.8 Å². The van der Waals surface area contributed by atoms with Crippen molar-refractivity contribution < 1.29 is 18.9 Å². The van der Waals surface area contributed by atoms with Gasteiger partial charge in [-0.1, -0.05) is 13.1 Å². The molecule has 4 unspecified atom stereocenters. The van der Waals surface area contributed by atoms with Gasteiger partial charge in [-0.05, 0) is 0 Å². The van der Waals surface area contributed by atoms with Crippen molar-refractivity contribution in [1.29, 1.82) is 0 Å². The molecule has 4 fully saturated rings. The van der Waals surface area contributed by atoms with Crippen LogP contribution in [-0.2, 0) is 18.9 Å². The van der Waals surface area contributed by atoms with Crippen LogP contribution in [0, 0.1) is 0 Å². The van der Waals surface area contributed by atoms with Crippen molar-refractivity contribution in [3.8, 4) is 0 Å². The third-order valence-corrected chi connectivity index (χ3v) is 7.45. The number of hydrogen-bond donors (Lipinski definition) is 0. The van der Waals surface area contributed by atoms with Crippen LogP contribution in [0.4, 0.5) is 0 Å². The number of ether oxygens (including phenoxy) is 4. The SMILES string of the molecule is C1OC1C1CO1.C[Si](C)(C1CO1)C1CO1. The largest absolute Gasteiger partial charge is 0.377 e. The highest BCUT2D eigenvalue weighted by Gasteiger charge is 2.52. The first-order valence-corrected chi connectivity index (χ1v) is 8.80. The molecule has 0 aromatic carbocycles. The lowest BCUT2D eigenvalue weighted by Crippen LogP contribution is -2.40. The summed E-state index contributed by atoms with van der Waals surface area (Å²) in [5.74, 6) is 0. The zero-order valence-electron chi connectivity index (χ0n) is 9.27. The summed E-state index contributed by atoms with van der Waals surface area (Å²) in [5.41, 5.74) is 1.23. The van der Waals surface area contributed by atoms with E-state index in [0.717, 1.165) is 26.4 Å². The summed E-state index contributed by atoms with van der Waals surface area (Å²) in [6, 6.07) is 0. The molecule has 4 heterocycles. The van der Waals surface area contributed by atoms with Gasteiger partial charge in [0.05, 0.1) is 37.9 Å². The Morgan fingerprint density at radius 2 is 1.07 bits per heavy atom. The van der Waals surface area contributed by atoms with Gasteiger partial charge >= 0.3 is 0 Å². The number of rotatable bonds is 3. The van der Waals surface area contributed by atoms with Gasteiger partial charge in [0.25, 0.3) is 0 Å². The molecule has 4 aliphatic heterocycles. The number of hydrogen-bond acceptors (Lipinski definition) is 4. The van der Waals surface area contributed by atoms with Crippen LogP contribution in [0.1, 0.15) is 0 Å². The fraction of sp³-hybridized carbons (Fsp3) is 1.00. The highest BCUT2D eigenvalue weighted by atomic mass is 28.3. The predicted molar refractivity (Wildman–Crippen MR) is 56.4 cm³/mol. The normalized spacial score (nSPS) is 45.2. The van der Waals surface area contributed by atoms with E-state index in [4.69, 9.17) is 18.9 Å². The Morgan fingerprint density at radius 3 is 1.27 bits per heavy atom. The molecule has 15 heavy (non-hydrogen) atoms. The van der Waals surface area contributed by atoms with E-state index < -0.39 is 8.07 Å². The van der Waals surface area contributed by atoms with Crippen molar-refractivity contribution >= 4 is 8.07 Å². The first kappa shape index (κ1) is 10.2. The number of epoxide rings is 4. The Labute approximate surface area is 90.8 Å². The lowest BCUT2D eigenvalue weighted by Gasteiger charge is -2.14. The second kappa shape index (κ2) is 3.53. The van der Waals surface area contributed by atoms with E-state index in [1.54, 1.807) is 0 Å².